The molecule has 5 heteroatoms. The summed E-state index contributed by atoms with van der Waals surface area (Å²) in [5, 5.41) is 7.65. The van der Waals surface area contributed by atoms with Crippen LogP contribution in [0, 0.1) is 0 Å². The van der Waals surface area contributed by atoms with Gasteiger partial charge in [-0.15, -0.1) is 0 Å². The van der Waals surface area contributed by atoms with Gasteiger partial charge in [-0.3, -0.25) is 4.79 Å². The number of rotatable bonds is 9. The normalized spacial score (nSPS) is 10.7. The van der Waals surface area contributed by atoms with Gasteiger partial charge in [-0.05, 0) is 47.9 Å². The molecule has 0 fully saturated rings. The molecule has 0 aliphatic carbocycles. The second-order valence-electron chi connectivity index (χ2n) is 6.45. The number of carbonyl (C=O) groups is 1. The van der Waals surface area contributed by atoms with Gasteiger partial charge in [0.2, 0.25) is 0 Å². The molecule has 0 atom stereocenters. The van der Waals surface area contributed by atoms with E-state index in [4.69, 9.17) is 4.74 Å². The van der Waals surface area contributed by atoms with Crippen molar-refractivity contribution in [2.45, 2.75) is 39.3 Å². The Balaban J connectivity index is 1.48. The Morgan fingerprint density at radius 1 is 1.07 bits per heavy atom. The van der Waals surface area contributed by atoms with E-state index in [1.165, 1.54) is 5.56 Å². The average molecular weight is 363 g/mol. The number of esters is 1. The van der Waals surface area contributed by atoms with Crippen LogP contribution in [0.3, 0.4) is 0 Å². The predicted molar refractivity (Wildman–Crippen MR) is 106 cm³/mol. The van der Waals surface area contributed by atoms with E-state index in [1.54, 1.807) is 6.20 Å². The summed E-state index contributed by atoms with van der Waals surface area (Å²) in [6.45, 7) is 3.53. The van der Waals surface area contributed by atoms with Gasteiger partial charge in [0.1, 0.15) is 5.75 Å². The highest BCUT2D eigenvalue weighted by molar-refractivity contribution is 5.72. The number of carbonyl (C=O) groups excluding carboxylic acids is 1. The first kappa shape index (κ1) is 18.9. The number of hydrogen-bond donors (Lipinski definition) is 1. The van der Waals surface area contributed by atoms with Crippen LogP contribution in [0.1, 0.15) is 37.3 Å². The van der Waals surface area contributed by atoms with E-state index in [2.05, 4.69) is 41.6 Å². The minimum Gasteiger partial charge on any atom is -0.427 e. The molecule has 1 aromatic heterocycles. The fraction of sp³-hybridized carbons (Fsp3) is 0.273. The molecule has 0 amide bonds. The summed E-state index contributed by atoms with van der Waals surface area (Å²) in [7, 11) is 0. The number of nitrogens with one attached hydrogen (secondary N) is 1. The van der Waals surface area contributed by atoms with Crippen molar-refractivity contribution in [2.75, 3.05) is 0 Å². The average Bonchev–Trinajstić information content (AvgIpc) is 3.22. The van der Waals surface area contributed by atoms with E-state index >= 15 is 0 Å². The third kappa shape index (κ3) is 5.79. The van der Waals surface area contributed by atoms with E-state index < -0.39 is 0 Å². The second kappa shape index (κ2) is 9.69. The van der Waals surface area contributed by atoms with E-state index in [0.717, 1.165) is 30.6 Å². The first-order valence-electron chi connectivity index (χ1n) is 9.34. The Kier molecular flexibility index (Phi) is 6.77. The van der Waals surface area contributed by atoms with Crippen molar-refractivity contribution in [3.8, 4) is 11.4 Å². The highest BCUT2D eigenvalue weighted by atomic mass is 16.5. The third-order valence-corrected chi connectivity index (χ3v) is 4.23. The lowest BCUT2D eigenvalue weighted by atomic mass is 10.2. The van der Waals surface area contributed by atoms with Gasteiger partial charge in [-0.2, -0.15) is 5.10 Å². The molecule has 0 saturated carbocycles. The molecule has 0 spiro atoms. The molecule has 0 unspecified atom stereocenters. The van der Waals surface area contributed by atoms with Crippen molar-refractivity contribution in [3.05, 3.63) is 78.1 Å². The Bertz CT molecular complexity index is 842. The number of benzene rings is 2. The van der Waals surface area contributed by atoms with Gasteiger partial charge in [0.15, 0.2) is 0 Å². The number of ether oxygens (including phenoxy) is 1. The molecular formula is C22H25N3O2. The Labute approximate surface area is 160 Å². The van der Waals surface area contributed by atoms with E-state index in [-0.39, 0.29) is 5.97 Å². The quantitative estimate of drug-likeness (QED) is 0.456. The zero-order valence-corrected chi connectivity index (χ0v) is 15.6. The highest BCUT2D eigenvalue weighted by Crippen LogP contribution is 2.15. The molecule has 0 saturated heterocycles. The van der Waals surface area contributed by atoms with Crippen LogP contribution < -0.4 is 10.1 Å². The maximum Gasteiger partial charge on any atom is 0.311 e. The van der Waals surface area contributed by atoms with Crippen LogP contribution in [0.25, 0.3) is 5.69 Å². The largest absolute Gasteiger partial charge is 0.427 e. The molecule has 1 N–H and O–H groups in total. The topological polar surface area (TPSA) is 56.1 Å². The summed E-state index contributed by atoms with van der Waals surface area (Å²) >= 11 is 0. The molecule has 0 aliphatic rings. The Morgan fingerprint density at radius 3 is 2.63 bits per heavy atom. The molecule has 2 aromatic carbocycles. The smallest absolute Gasteiger partial charge is 0.311 e. The maximum absolute atomic E-state index is 11.8. The molecule has 5 nitrogen and oxygen atoms in total. The van der Waals surface area contributed by atoms with Gasteiger partial charge in [0.25, 0.3) is 0 Å². The van der Waals surface area contributed by atoms with Gasteiger partial charge in [0, 0.05) is 31.9 Å². The summed E-state index contributed by atoms with van der Waals surface area (Å²) in [5.74, 6) is 0.443. The van der Waals surface area contributed by atoms with Crippen LogP contribution in [-0.2, 0) is 17.9 Å². The van der Waals surface area contributed by atoms with E-state index in [1.807, 2.05) is 41.2 Å². The predicted octanol–water partition coefficient (Wildman–Crippen LogP) is 4.26. The van der Waals surface area contributed by atoms with Crippen LogP contribution >= 0.6 is 0 Å². The number of unbranched alkanes of at least 4 members (excludes halogenated alkanes) is 1. The van der Waals surface area contributed by atoms with Gasteiger partial charge in [-0.1, -0.05) is 37.6 Å². The maximum atomic E-state index is 11.8. The van der Waals surface area contributed by atoms with Crippen molar-refractivity contribution in [1.29, 1.82) is 0 Å². The lowest BCUT2D eigenvalue weighted by Crippen LogP contribution is -2.13. The summed E-state index contributed by atoms with van der Waals surface area (Å²) in [4.78, 5) is 11.8. The number of hydrogen-bond acceptors (Lipinski definition) is 4. The molecule has 3 aromatic rings. The van der Waals surface area contributed by atoms with E-state index in [9.17, 15) is 4.79 Å². The lowest BCUT2D eigenvalue weighted by Gasteiger charge is -2.09. The van der Waals surface area contributed by atoms with Gasteiger partial charge < -0.3 is 10.1 Å². The molecule has 0 radical (unpaired) electrons. The van der Waals surface area contributed by atoms with Crippen LogP contribution in [0.15, 0.2) is 67.0 Å². The van der Waals surface area contributed by atoms with Crippen LogP contribution in [0.4, 0.5) is 0 Å². The number of aromatic nitrogens is 2. The summed E-state index contributed by atoms with van der Waals surface area (Å²) in [5.41, 5.74) is 3.33. The van der Waals surface area contributed by atoms with Crippen molar-refractivity contribution in [1.82, 2.24) is 15.1 Å². The molecule has 3 rings (SSSR count). The molecule has 140 valence electrons. The number of nitrogens with zero attached hydrogens (tertiary/aromatic N) is 2. The lowest BCUT2D eigenvalue weighted by molar-refractivity contribution is -0.134. The fourth-order valence-electron chi connectivity index (χ4n) is 2.76. The van der Waals surface area contributed by atoms with Crippen molar-refractivity contribution in [3.63, 3.8) is 0 Å². The van der Waals surface area contributed by atoms with Gasteiger partial charge in [-0.25, -0.2) is 4.68 Å². The third-order valence-electron chi connectivity index (χ3n) is 4.23. The highest BCUT2D eigenvalue weighted by Gasteiger charge is 2.05. The molecule has 27 heavy (non-hydrogen) atoms. The first-order chi connectivity index (χ1) is 13.2. The van der Waals surface area contributed by atoms with E-state index in [0.29, 0.717) is 18.7 Å². The molecule has 0 aliphatic heterocycles. The Morgan fingerprint density at radius 2 is 1.89 bits per heavy atom. The minimum atomic E-state index is -0.167. The minimum absolute atomic E-state index is 0.167. The van der Waals surface area contributed by atoms with Gasteiger partial charge in [0.05, 0.1) is 5.69 Å². The van der Waals surface area contributed by atoms with Gasteiger partial charge >= 0.3 is 5.97 Å². The fourth-order valence-corrected chi connectivity index (χ4v) is 2.76. The standard InChI is InChI=1S/C22H25N3O2/c1-2-3-8-22(26)27-21-7-4-6-19(15-21)17-23-16-18-9-11-20(12-10-18)25-14-5-13-24-25/h4-7,9-15,23H,2-3,8,16-17H2,1H3. The summed E-state index contributed by atoms with van der Waals surface area (Å²) in [6, 6.07) is 17.9. The van der Waals surface area contributed by atoms with Crippen LogP contribution in [0.2, 0.25) is 0 Å². The van der Waals surface area contributed by atoms with Crippen LogP contribution in [-0.4, -0.2) is 15.7 Å². The zero-order chi connectivity index (χ0) is 18.9. The van der Waals surface area contributed by atoms with Crippen molar-refractivity contribution >= 4 is 5.97 Å². The summed E-state index contributed by atoms with van der Waals surface area (Å²) in [6.07, 6.45) is 6.01. The Hall–Kier alpha value is -2.92. The van der Waals surface area contributed by atoms with Crippen LogP contribution in [0.5, 0.6) is 5.75 Å². The van der Waals surface area contributed by atoms with Crippen molar-refractivity contribution in [2.24, 2.45) is 0 Å². The molecular weight excluding hydrogens is 338 g/mol. The monoisotopic (exact) mass is 363 g/mol. The summed E-state index contributed by atoms with van der Waals surface area (Å²) < 4.78 is 7.23. The molecule has 1 heterocycles. The zero-order valence-electron chi connectivity index (χ0n) is 15.6. The van der Waals surface area contributed by atoms with Crippen molar-refractivity contribution < 1.29 is 9.53 Å². The molecule has 0 bridgehead atoms. The second-order valence-corrected chi connectivity index (χ2v) is 6.45. The first-order valence-corrected chi connectivity index (χ1v) is 9.34. The SMILES string of the molecule is CCCCC(=O)Oc1cccc(CNCc2ccc(-n3cccn3)cc2)c1.